The third kappa shape index (κ3) is 2.47. The Labute approximate surface area is 141 Å². The Morgan fingerprint density at radius 1 is 1.04 bits per heavy atom. The Morgan fingerprint density at radius 2 is 1.75 bits per heavy atom. The Hall–Kier alpha value is -3.31. The van der Waals surface area contributed by atoms with E-state index in [0.29, 0.717) is 17.7 Å². The van der Waals surface area contributed by atoms with Gasteiger partial charge in [0, 0.05) is 36.4 Å². The maximum absolute atomic E-state index is 9.64. The van der Waals surface area contributed by atoms with Crippen LogP contribution in [0.4, 0.5) is 0 Å². The van der Waals surface area contributed by atoms with Crippen molar-refractivity contribution in [3.8, 4) is 23.3 Å². The number of aryl methyl sites for hydroxylation is 1. The van der Waals surface area contributed by atoms with Gasteiger partial charge in [0.05, 0.1) is 23.7 Å². The van der Waals surface area contributed by atoms with E-state index in [0.717, 1.165) is 28.3 Å². The van der Waals surface area contributed by atoms with E-state index in [9.17, 15) is 5.26 Å². The number of hydrogen-bond donors (Lipinski definition) is 0. The molecule has 0 atom stereocenters. The first-order chi connectivity index (χ1) is 11.6. The molecule has 0 fully saturated rings. The topological polar surface area (TPSA) is 70.3 Å². The van der Waals surface area contributed by atoms with Gasteiger partial charge in [0.15, 0.2) is 0 Å². The van der Waals surface area contributed by atoms with Gasteiger partial charge in [0.25, 0.3) is 0 Å². The van der Waals surface area contributed by atoms with Crippen LogP contribution in [-0.4, -0.2) is 14.1 Å². The molecule has 3 rings (SSSR count). The van der Waals surface area contributed by atoms with Gasteiger partial charge in [-0.15, -0.1) is 0 Å². The molecular weight excluding hydrogens is 298 g/mol. The van der Waals surface area contributed by atoms with Crippen molar-refractivity contribution in [3.05, 3.63) is 65.0 Å². The van der Waals surface area contributed by atoms with Crippen molar-refractivity contribution in [1.82, 2.24) is 14.1 Å². The standard InChI is InChI=1S/C19H17N5/c1-13-17(11-21)19(16-6-4-15(10-20)5-7-16)14(2)24(13)12-18-22-8-9-23(18)3/h4-9H,12H2,1-3H3. The molecule has 2 heterocycles. The highest BCUT2D eigenvalue weighted by molar-refractivity contribution is 5.75. The van der Waals surface area contributed by atoms with Crippen LogP contribution < -0.4 is 0 Å². The SMILES string of the molecule is Cc1c(C#N)c(-c2ccc(C#N)cc2)c(C)n1Cc1nccn1C. The summed E-state index contributed by atoms with van der Waals surface area (Å²) in [5, 5.41) is 18.6. The minimum Gasteiger partial charge on any atom is -0.340 e. The van der Waals surface area contributed by atoms with E-state index < -0.39 is 0 Å². The lowest BCUT2D eigenvalue weighted by Gasteiger charge is -2.10. The minimum absolute atomic E-state index is 0.610. The molecule has 0 amide bonds. The average molecular weight is 315 g/mol. The summed E-state index contributed by atoms with van der Waals surface area (Å²) in [5.41, 5.74) is 5.11. The molecule has 5 nitrogen and oxygen atoms in total. The van der Waals surface area contributed by atoms with Crippen LogP contribution in [0.2, 0.25) is 0 Å². The number of rotatable bonds is 3. The first-order valence-corrected chi connectivity index (χ1v) is 7.63. The molecule has 0 radical (unpaired) electrons. The monoisotopic (exact) mass is 315 g/mol. The van der Waals surface area contributed by atoms with Crippen LogP contribution in [0.25, 0.3) is 11.1 Å². The van der Waals surface area contributed by atoms with Gasteiger partial charge in [-0.3, -0.25) is 0 Å². The Morgan fingerprint density at radius 3 is 2.29 bits per heavy atom. The lowest BCUT2D eigenvalue weighted by Crippen LogP contribution is -2.08. The zero-order valence-electron chi connectivity index (χ0n) is 13.9. The number of nitrogens with zero attached hydrogens (tertiary/aromatic N) is 5. The summed E-state index contributed by atoms with van der Waals surface area (Å²) in [6.07, 6.45) is 3.69. The van der Waals surface area contributed by atoms with Crippen LogP contribution >= 0.6 is 0 Å². The molecule has 24 heavy (non-hydrogen) atoms. The van der Waals surface area contributed by atoms with Gasteiger partial charge in [0.1, 0.15) is 11.9 Å². The van der Waals surface area contributed by atoms with E-state index in [-0.39, 0.29) is 0 Å². The molecule has 0 spiro atoms. The van der Waals surface area contributed by atoms with Crippen molar-refractivity contribution in [2.45, 2.75) is 20.4 Å². The summed E-state index contributed by atoms with van der Waals surface area (Å²) in [5.74, 6) is 0.937. The molecule has 0 bridgehead atoms. The molecule has 5 heteroatoms. The lowest BCUT2D eigenvalue weighted by atomic mass is 10.0. The molecule has 0 aliphatic carbocycles. The lowest BCUT2D eigenvalue weighted by molar-refractivity contribution is 0.674. The minimum atomic E-state index is 0.610. The van der Waals surface area contributed by atoms with Crippen molar-refractivity contribution in [1.29, 1.82) is 10.5 Å². The molecule has 118 valence electrons. The fourth-order valence-corrected chi connectivity index (χ4v) is 3.01. The number of hydrogen-bond acceptors (Lipinski definition) is 3. The van der Waals surface area contributed by atoms with E-state index in [4.69, 9.17) is 5.26 Å². The van der Waals surface area contributed by atoms with Crippen LogP contribution in [0.3, 0.4) is 0 Å². The van der Waals surface area contributed by atoms with E-state index >= 15 is 0 Å². The molecule has 0 aliphatic heterocycles. The summed E-state index contributed by atoms with van der Waals surface area (Å²) < 4.78 is 4.10. The third-order valence-corrected chi connectivity index (χ3v) is 4.42. The van der Waals surface area contributed by atoms with E-state index in [1.54, 1.807) is 18.3 Å². The highest BCUT2D eigenvalue weighted by Gasteiger charge is 2.19. The summed E-state index contributed by atoms with van der Waals surface area (Å²) in [4.78, 5) is 4.38. The van der Waals surface area contributed by atoms with Gasteiger partial charge in [-0.1, -0.05) is 12.1 Å². The molecule has 3 aromatic rings. The Bertz CT molecular complexity index is 975. The van der Waals surface area contributed by atoms with Gasteiger partial charge in [-0.05, 0) is 31.5 Å². The second-order valence-electron chi connectivity index (χ2n) is 5.76. The predicted octanol–water partition coefficient (Wildman–Crippen LogP) is 3.30. The van der Waals surface area contributed by atoms with Crippen LogP contribution in [-0.2, 0) is 13.6 Å². The van der Waals surface area contributed by atoms with Crippen LogP contribution in [0.15, 0.2) is 36.7 Å². The first kappa shape index (κ1) is 15.6. The average Bonchev–Trinajstić information content (AvgIpc) is 3.10. The van der Waals surface area contributed by atoms with Gasteiger partial charge in [0.2, 0.25) is 0 Å². The fraction of sp³-hybridized carbons (Fsp3) is 0.211. The third-order valence-electron chi connectivity index (χ3n) is 4.42. The van der Waals surface area contributed by atoms with E-state index in [1.165, 1.54) is 0 Å². The largest absolute Gasteiger partial charge is 0.340 e. The second kappa shape index (κ2) is 6.06. The van der Waals surface area contributed by atoms with Gasteiger partial charge in [-0.2, -0.15) is 10.5 Å². The molecule has 0 unspecified atom stereocenters. The first-order valence-electron chi connectivity index (χ1n) is 7.63. The van der Waals surface area contributed by atoms with Crippen molar-refractivity contribution in [2.75, 3.05) is 0 Å². The normalized spacial score (nSPS) is 10.4. The zero-order valence-corrected chi connectivity index (χ0v) is 13.9. The van der Waals surface area contributed by atoms with Crippen LogP contribution in [0.1, 0.15) is 28.3 Å². The summed E-state index contributed by atoms with van der Waals surface area (Å²) in [6.45, 7) is 4.60. The number of imidazole rings is 1. The Balaban J connectivity index is 2.13. The fourth-order valence-electron chi connectivity index (χ4n) is 3.01. The summed E-state index contributed by atoms with van der Waals surface area (Å²) >= 11 is 0. The smallest absolute Gasteiger partial charge is 0.128 e. The molecule has 0 aliphatic rings. The number of benzene rings is 1. The van der Waals surface area contributed by atoms with Crippen molar-refractivity contribution >= 4 is 0 Å². The number of nitriles is 2. The highest BCUT2D eigenvalue weighted by atomic mass is 15.1. The summed E-state index contributed by atoms with van der Waals surface area (Å²) in [6, 6.07) is 11.8. The van der Waals surface area contributed by atoms with E-state index in [2.05, 4.69) is 21.7 Å². The molecule has 0 saturated heterocycles. The summed E-state index contributed by atoms with van der Waals surface area (Å²) in [7, 11) is 1.96. The maximum Gasteiger partial charge on any atom is 0.128 e. The maximum atomic E-state index is 9.64. The van der Waals surface area contributed by atoms with Gasteiger partial charge < -0.3 is 9.13 Å². The second-order valence-corrected chi connectivity index (χ2v) is 5.76. The Kier molecular flexibility index (Phi) is 3.93. The molecule has 1 aromatic carbocycles. The molecular formula is C19H17N5. The molecule has 2 aromatic heterocycles. The number of aromatic nitrogens is 3. The van der Waals surface area contributed by atoms with E-state index in [1.807, 2.05) is 43.8 Å². The molecule has 0 saturated carbocycles. The van der Waals surface area contributed by atoms with Gasteiger partial charge >= 0.3 is 0 Å². The molecule has 0 N–H and O–H groups in total. The van der Waals surface area contributed by atoms with Gasteiger partial charge in [-0.25, -0.2) is 4.98 Å². The van der Waals surface area contributed by atoms with Crippen molar-refractivity contribution < 1.29 is 0 Å². The zero-order chi connectivity index (χ0) is 17.3. The quantitative estimate of drug-likeness (QED) is 0.744. The highest BCUT2D eigenvalue weighted by Crippen LogP contribution is 2.32. The van der Waals surface area contributed by atoms with Crippen molar-refractivity contribution in [3.63, 3.8) is 0 Å². The van der Waals surface area contributed by atoms with Crippen LogP contribution in [0, 0.1) is 36.5 Å². The van der Waals surface area contributed by atoms with Crippen molar-refractivity contribution in [2.24, 2.45) is 7.05 Å². The van der Waals surface area contributed by atoms with Crippen LogP contribution in [0.5, 0.6) is 0 Å². The predicted molar refractivity (Wildman–Crippen MR) is 91.1 cm³/mol.